The van der Waals surface area contributed by atoms with E-state index in [9.17, 15) is 9.59 Å². The van der Waals surface area contributed by atoms with E-state index in [2.05, 4.69) is 10.4 Å². The van der Waals surface area contributed by atoms with Crippen molar-refractivity contribution >= 4 is 17.5 Å². The zero-order valence-electron chi connectivity index (χ0n) is 15.3. The van der Waals surface area contributed by atoms with Crippen LogP contribution < -0.4 is 5.43 Å². The van der Waals surface area contributed by atoms with Crippen LogP contribution in [-0.2, 0) is 9.59 Å². The van der Waals surface area contributed by atoms with Crippen molar-refractivity contribution in [1.29, 1.82) is 0 Å². The summed E-state index contributed by atoms with van der Waals surface area (Å²) in [6.07, 6.45) is 7.51. The average Bonchev–Trinajstić information content (AvgIpc) is 3.07. The van der Waals surface area contributed by atoms with Crippen LogP contribution in [-0.4, -0.2) is 59.7 Å². The lowest BCUT2D eigenvalue weighted by Gasteiger charge is -2.37. The molecule has 0 aliphatic carbocycles. The highest BCUT2D eigenvalue weighted by atomic mass is 16.2. The molecule has 2 atom stereocenters. The Morgan fingerprint density at radius 2 is 1.92 bits per heavy atom. The first kappa shape index (κ1) is 18.6. The van der Waals surface area contributed by atoms with Crippen molar-refractivity contribution in [2.45, 2.75) is 58.5 Å². The number of carbonyl (C=O) groups excluding carboxylic acids is 2. The molecular weight excluding hydrogens is 304 g/mol. The minimum atomic E-state index is -0.314. The van der Waals surface area contributed by atoms with Crippen LogP contribution in [0.2, 0.25) is 0 Å². The maximum absolute atomic E-state index is 13.0. The Morgan fingerprint density at radius 3 is 2.54 bits per heavy atom. The van der Waals surface area contributed by atoms with Gasteiger partial charge in [0.2, 0.25) is 11.8 Å². The molecular formula is C18H30N4O2. The zero-order chi connectivity index (χ0) is 17.7. The van der Waals surface area contributed by atoms with E-state index < -0.39 is 0 Å². The van der Waals surface area contributed by atoms with Crippen LogP contribution in [0.4, 0.5) is 0 Å². The van der Waals surface area contributed by atoms with Gasteiger partial charge in [-0.15, -0.1) is 0 Å². The smallest absolute Gasteiger partial charge is 0.242 e. The second-order valence-corrected chi connectivity index (χ2v) is 6.81. The summed E-state index contributed by atoms with van der Waals surface area (Å²) in [7, 11) is 1.78. The molecule has 0 aromatic carbocycles. The van der Waals surface area contributed by atoms with Crippen molar-refractivity contribution in [1.82, 2.24) is 15.3 Å². The number of hydrazine groups is 1. The molecule has 2 amide bonds. The van der Waals surface area contributed by atoms with Crippen LogP contribution >= 0.6 is 0 Å². The Kier molecular flexibility index (Phi) is 6.54. The number of hydrogen-bond donors (Lipinski definition) is 1. The predicted octanol–water partition coefficient (Wildman–Crippen LogP) is 1.78. The van der Waals surface area contributed by atoms with Crippen molar-refractivity contribution < 1.29 is 9.59 Å². The van der Waals surface area contributed by atoms with E-state index in [0.717, 1.165) is 37.9 Å². The number of allylic oxidation sites excluding steroid dienone is 1. The third-order valence-corrected chi connectivity index (χ3v) is 4.72. The lowest BCUT2D eigenvalue weighted by molar-refractivity contribution is -0.145. The fourth-order valence-corrected chi connectivity index (χ4v) is 3.48. The summed E-state index contributed by atoms with van der Waals surface area (Å²) in [5.41, 5.74) is 4.11. The van der Waals surface area contributed by atoms with E-state index in [-0.39, 0.29) is 29.8 Å². The van der Waals surface area contributed by atoms with Gasteiger partial charge in [0.15, 0.2) is 0 Å². The van der Waals surface area contributed by atoms with Gasteiger partial charge in [0.1, 0.15) is 6.04 Å². The van der Waals surface area contributed by atoms with Crippen molar-refractivity contribution in [2.24, 2.45) is 10.9 Å². The van der Waals surface area contributed by atoms with Crippen molar-refractivity contribution in [3.63, 3.8) is 0 Å². The fraction of sp³-hybridized carbons (Fsp3) is 0.722. The Hall–Kier alpha value is -1.69. The average molecular weight is 334 g/mol. The lowest BCUT2D eigenvalue weighted by Crippen LogP contribution is -2.59. The van der Waals surface area contributed by atoms with Gasteiger partial charge in [-0.3, -0.25) is 19.6 Å². The number of amides is 2. The van der Waals surface area contributed by atoms with Gasteiger partial charge in [0.25, 0.3) is 0 Å². The Morgan fingerprint density at radius 1 is 1.21 bits per heavy atom. The summed E-state index contributed by atoms with van der Waals surface area (Å²) in [6, 6.07) is -0.262. The van der Waals surface area contributed by atoms with Crippen LogP contribution in [0.25, 0.3) is 0 Å². The number of rotatable bonds is 4. The van der Waals surface area contributed by atoms with Gasteiger partial charge in [-0.05, 0) is 38.7 Å². The number of nitrogens with zero attached hydrogens (tertiary/aromatic N) is 3. The highest BCUT2D eigenvalue weighted by Crippen LogP contribution is 2.22. The molecule has 2 fully saturated rings. The van der Waals surface area contributed by atoms with E-state index in [0.29, 0.717) is 6.54 Å². The minimum absolute atomic E-state index is 0.0511. The van der Waals surface area contributed by atoms with Crippen LogP contribution in [0, 0.1) is 5.92 Å². The van der Waals surface area contributed by atoms with E-state index in [1.54, 1.807) is 12.1 Å². The highest BCUT2D eigenvalue weighted by molar-refractivity contribution is 6.02. The Balaban J connectivity index is 2.08. The molecule has 0 aromatic rings. The second kappa shape index (κ2) is 8.42. The summed E-state index contributed by atoms with van der Waals surface area (Å²) in [5.74, 6) is 0.0685. The topological polar surface area (TPSA) is 65.0 Å². The van der Waals surface area contributed by atoms with Crippen molar-refractivity contribution in [3.05, 3.63) is 12.2 Å². The molecule has 0 aromatic heterocycles. The normalized spacial score (nSPS) is 25.8. The molecule has 0 saturated carbocycles. The molecule has 2 rings (SSSR count). The number of nitrogens with one attached hydrogen (secondary N) is 1. The molecule has 6 nitrogen and oxygen atoms in total. The van der Waals surface area contributed by atoms with Gasteiger partial charge in [-0.25, -0.2) is 5.43 Å². The molecule has 0 radical (unpaired) electrons. The second-order valence-electron chi connectivity index (χ2n) is 6.81. The zero-order valence-corrected chi connectivity index (χ0v) is 15.3. The van der Waals surface area contributed by atoms with Crippen LogP contribution in [0.5, 0.6) is 0 Å². The SMILES string of the molecule is C/C=C\C(=NC)C1CCCN1C(=O)C1CCCN(C(=O)C(C)C)N1. The summed E-state index contributed by atoms with van der Waals surface area (Å²) in [6.45, 7) is 7.16. The van der Waals surface area contributed by atoms with E-state index in [1.165, 1.54) is 0 Å². The molecule has 24 heavy (non-hydrogen) atoms. The Labute approximate surface area is 145 Å². The molecule has 2 aliphatic rings. The van der Waals surface area contributed by atoms with Crippen LogP contribution in [0.1, 0.15) is 46.5 Å². The highest BCUT2D eigenvalue weighted by Gasteiger charge is 2.37. The van der Waals surface area contributed by atoms with Crippen LogP contribution in [0.15, 0.2) is 17.1 Å². The van der Waals surface area contributed by atoms with Crippen molar-refractivity contribution in [2.75, 3.05) is 20.1 Å². The first-order valence-corrected chi connectivity index (χ1v) is 8.97. The molecule has 2 heterocycles. The summed E-state index contributed by atoms with van der Waals surface area (Å²) < 4.78 is 0. The quantitative estimate of drug-likeness (QED) is 0.797. The van der Waals surface area contributed by atoms with E-state index in [4.69, 9.17) is 0 Å². The standard InChI is InChI=1S/C18H30N4O2/c1-5-8-14(19-4)16-10-7-11-21(16)18(24)15-9-6-12-22(20-15)17(23)13(2)3/h5,8,13,15-16,20H,6-7,9-12H2,1-4H3/b8-5-,19-14?. The molecule has 2 unspecified atom stereocenters. The molecule has 1 N–H and O–H groups in total. The first-order chi connectivity index (χ1) is 11.5. The largest absolute Gasteiger partial charge is 0.333 e. The maximum Gasteiger partial charge on any atom is 0.242 e. The van der Waals surface area contributed by atoms with Crippen LogP contribution in [0.3, 0.4) is 0 Å². The maximum atomic E-state index is 13.0. The van der Waals surface area contributed by atoms with Gasteiger partial charge in [-0.1, -0.05) is 19.9 Å². The lowest BCUT2D eigenvalue weighted by atomic mass is 10.0. The van der Waals surface area contributed by atoms with Crippen molar-refractivity contribution in [3.8, 4) is 0 Å². The number of likely N-dealkylation sites (tertiary alicyclic amines) is 1. The van der Waals surface area contributed by atoms with Gasteiger partial charge in [0.05, 0.1) is 11.8 Å². The minimum Gasteiger partial charge on any atom is -0.333 e. The van der Waals surface area contributed by atoms with Gasteiger partial charge in [-0.2, -0.15) is 0 Å². The monoisotopic (exact) mass is 334 g/mol. The number of aliphatic imine (C=N–C) groups is 1. The predicted molar refractivity (Wildman–Crippen MR) is 95.6 cm³/mol. The molecule has 0 bridgehead atoms. The first-order valence-electron chi connectivity index (χ1n) is 8.97. The molecule has 134 valence electrons. The molecule has 0 spiro atoms. The van der Waals surface area contributed by atoms with E-state index in [1.807, 2.05) is 37.8 Å². The molecule has 2 aliphatic heterocycles. The number of carbonyl (C=O) groups is 2. The van der Waals surface area contributed by atoms with Gasteiger partial charge >= 0.3 is 0 Å². The number of hydrogen-bond acceptors (Lipinski definition) is 4. The summed E-state index contributed by atoms with van der Waals surface area (Å²) in [4.78, 5) is 31.5. The summed E-state index contributed by atoms with van der Waals surface area (Å²) in [5, 5.41) is 1.63. The third-order valence-electron chi connectivity index (χ3n) is 4.72. The molecule has 6 heteroatoms. The van der Waals surface area contributed by atoms with Gasteiger partial charge in [0, 0.05) is 26.1 Å². The fourth-order valence-electron chi connectivity index (χ4n) is 3.48. The van der Waals surface area contributed by atoms with E-state index >= 15 is 0 Å². The third kappa shape index (κ3) is 4.04. The Bertz CT molecular complexity index is 527. The molecule has 2 saturated heterocycles. The van der Waals surface area contributed by atoms with Gasteiger partial charge < -0.3 is 4.90 Å². The summed E-state index contributed by atoms with van der Waals surface area (Å²) >= 11 is 0.